The van der Waals surface area contributed by atoms with E-state index in [0.717, 1.165) is 0 Å². The molecule has 7 nitrogen and oxygen atoms in total. The average molecular weight is 459 g/mol. The van der Waals surface area contributed by atoms with Crippen LogP contribution in [0.25, 0.3) is 10.6 Å². The highest BCUT2D eigenvalue weighted by atomic mass is 35.5. The maximum absolute atomic E-state index is 12.9. The second-order valence-electron chi connectivity index (χ2n) is 6.61. The molecule has 0 spiro atoms. The van der Waals surface area contributed by atoms with E-state index in [4.69, 9.17) is 16.3 Å². The average Bonchev–Trinajstić information content (AvgIpc) is 3.23. The molecule has 9 heteroatoms. The van der Waals surface area contributed by atoms with Crippen LogP contribution >= 0.6 is 22.9 Å². The van der Waals surface area contributed by atoms with Crippen molar-refractivity contribution in [2.45, 2.75) is 19.4 Å². The lowest BCUT2D eigenvalue weighted by Gasteiger charge is -2.19. The number of Topliss-reactive ketones (excluding diaryl/α,β-unsaturated/α-hetero) is 1. The van der Waals surface area contributed by atoms with E-state index in [1.807, 2.05) is 0 Å². The number of thiophene rings is 1. The van der Waals surface area contributed by atoms with Crippen molar-refractivity contribution in [1.29, 1.82) is 0 Å². The fourth-order valence-electron chi connectivity index (χ4n) is 2.97. The summed E-state index contributed by atoms with van der Waals surface area (Å²) >= 11 is 7.45. The van der Waals surface area contributed by atoms with Crippen LogP contribution in [0.15, 0.2) is 48.5 Å². The minimum absolute atomic E-state index is 0.0691. The van der Waals surface area contributed by atoms with Gasteiger partial charge >= 0.3 is 5.97 Å². The summed E-state index contributed by atoms with van der Waals surface area (Å²) in [5.74, 6) is -1.26. The number of amides is 1. The molecule has 1 aromatic carbocycles. The maximum Gasteiger partial charge on any atom is 0.305 e. The summed E-state index contributed by atoms with van der Waals surface area (Å²) in [4.78, 5) is 41.5. The number of rotatable bonds is 8. The summed E-state index contributed by atoms with van der Waals surface area (Å²) in [6.07, 6.45) is -0.342. The molecule has 0 radical (unpaired) electrons. The van der Waals surface area contributed by atoms with Crippen LogP contribution in [0.5, 0.6) is 5.75 Å². The number of aliphatic carboxylic acids is 1. The first-order valence-corrected chi connectivity index (χ1v) is 10.4. The van der Waals surface area contributed by atoms with E-state index in [1.54, 1.807) is 42.5 Å². The first kappa shape index (κ1) is 22.5. The zero-order chi connectivity index (χ0) is 22.5. The van der Waals surface area contributed by atoms with Crippen molar-refractivity contribution in [3.63, 3.8) is 0 Å². The Bertz CT molecular complexity index is 1140. The minimum atomic E-state index is -1.08. The van der Waals surface area contributed by atoms with Gasteiger partial charge in [0.25, 0.3) is 5.91 Å². The SMILES string of the molecule is COc1ccc(C(=O)NC(CC(=O)O)c2ccccc2Cl)nc1-c1ccc(C(C)=O)s1. The molecule has 1 amide bonds. The number of ketones is 1. The van der Waals surface area contributed by atoms with Crippen molar-refractivity contribution in [2.24, 2.45) is 0 Å². The lowest BCUT2D eigenvalue weighted by Crippen LogP contribution is -2.31. The molecule has 3 aromatic rings. The van der Waals surface area contributed by atoms with Gasteiger partial charge in [-0.25, -0.2) is 4.98 Å². The Kier molecular flexibility index (Phi) is 7.04. The molecule has 0 aliphatic rings. The number of benzene rings is 1. The number of carbonyl (C=O) groups is 3. The number of hydrogen-bond donors (Lipinski definition) is 2. The van der Waals surface area contributed by atoms with Gasteiger partial charge in [0.1, 0.15) is 17.1 Å². The van der Waals surface area contributed by atoms with Gasteiger partial charge in [-0.1, -0.05) is 29.8 Å². The largest absolute Gasteiger partial charge is 0.494 e. The summed E-state index contributed by atoms with van der Waals surface area (Å²) < 4.78 is 5.36. The van der Waals surface area contributed by atoms with Crippen LogP contribution in [0.4, 0.5) is 0 Å². The standard InChI is InChI=1S/C22H19ClN2O5S/c1-12(26)18-9-10-19(31-18)21-17(30-2)8-7-15(24-21)22(29)25-16(11-20(27)28)13-5-3-4-6-14(13)23/h3-10,16H,11H2,1-2H3,(H,25,29)(H,27,28). The fourth-order valence-corrected chi connectivity index (χ4v) is 4.13. The van der Waals surface area contributed by atoms with E-state index in [9.17, 15) is 19.5 Å². The molecule has 0 saturated heterocycles. The van der Waals surface area contributed by atoms with Crippen molar-refractivity contribution in [3.05, 3.63) is 69.7 Å². The van der Waals surface area contributed by atoms with Gasteiger partial charge in [-0.3, -0.25) is 14.4 Å². The predicted molar refractivity (Wildman–Crippen MR) is 118 cm³/mol. The van der Waals surface area contributed by atoms with Crippen LogP contribution in [0, 0.1) is 0 Å². The number of pyridine rings is 1. The summed E-state index contributed by atoms with van der Waals surface area (Å²) in [5.41, 5.74) is 0.995. The number of aromatic nitrogens is 1. The molecular formula is C22H19ClN2O5S. The van der Waals surface area contributed by atoms with Crippen LogP contribution < -0.4 is 10.1 Å². The van der Waals surface area contributed by atoms with Gasteiger partial charge in [-0.2, -0.15) is 0 Å². The van der Waals surface area contributed by atoms with Gasteiger partial charge in [0.2, 0.25) is 0 Å². The molecule has 0 aliphatic carbocycles. The molecule has 3 rings (SSSR count). The van der Waals surface area contributed by atoms with Crippen LogP contribution in [-0.4, -0.2) is 34.9 Å². The number of carbonyl (C=O) groups excluding carboxylic acids is 2. The lowest BCUT2D eigenvalue weighted by atomic mass is 10.0. The van der Waals surface area contributed by atoms with E-state index >= 15 is 0 Å². The first-order valence-electron chi connectivity index (χ1n) is 9.23. The van der Waals surface area contributed by atoms with E-state index in [1.165, 1.54) is 31.4 Å². The molecule has 2 N–H and O–H groups in total. The number of halogens is 1. The highest BCUT2D eigenvalue weighted by Crippen LogP contribution is 2.34. The Hall–Kier alpha value is -3.23. The molecule has 2 aromatic heterocycles. The van der Waals surface area contributed by atoms with E-state index in [2.05, 4.69) is 10.3 Å². The molecule has 1 unspecified atom stereocenters. The normalized spacial score (nSPS) is 11.6. The van der Waals surface area contributed by atoms with Gasteiger partial charge in [0.15, 0.2) is 5.78 Å². The minimum Gasteiger partial charge on any atom is -0.494 e. The van der Waals surface area contributed by atoms with Crippen molar-refractivity contribution in [3.8, 4) is 16.3 Å². The number of nitrogens with zero attached hydrogens (tertiary/aromatic N) is 1. The van der Waals surface area contributed by atoms with Gasteiger partial charge in [-0.15, -0.1) is 11.3 Å². The van der Waals surface area contributed by atoms with Crippen LogP contribution in [-0.2, 0) is 4.79 Å². The third-order valence-corrected chi connectivity index (χ3v) is 6.00. The number of carboxylic acids is 1. The topological polar surface area (TPSA) is 106 Å². The van der Waals surface area contributed by atoms with Gasteiger partial charge < -0.3 is 15.2 Å². The summed E-state index contributed by atoms with van der Waals surface area (Å²) in [6.45, 7) is 1.47. The second kappa shape index (κ2) is 9.72. The van der Waals surface area contributed by atoms with Crippen molar-refractivity contribution < 1.29 is 24.2 Å². The molecule has 160 valence electrons. The second-order valence-corrected chi connectivity index (χ2v) is 8.10. The molecule has 0 saturated carbocycles. The molecule has 2 heterocycles. The first-order chi connectivity index (χ1) is 14.8. The van der Waals surface area contributed by atoms with Crippen molar-refractivity contribution >= 4 is 40.6 Å². The third kappa shape index (κ3) is 5.28. The maximum atomic E-state index is 12.9. The van der Waals surface area contributed by atoms with E-state index in [0.29, 0.717) is 31.8 Å². The Balaban J connectivity index is 1.93. The van der Waals surface area contributed by atoms with E-state index < -0.39 is 17.9 Å². The van der Waals surface area contributed by atoms with Gasteiger partial charge in [0.05, 0.1) is 29.3 Å². The Morgan fingerprint density at radius 2 is 1.90 bits per heavy atom. The Morgan fingerprint density at radius 1 is 1.16 bits per heavy atom. The quantitative estimate of drug-likeness (QED) is 0.477. The summed E-state index contributed by atoms with van der Waals surface area (Å²) in [6, 6.07) is 12.4. The molecule has 0 fully saturated rings. The number of methoxy groups -OCH3 is 1. The molecule has 0 bridgehead atoms. The van der Waals surface area contributed by atoms with Crippen molar-refractivity contribution in [1.82, 2.24) is 10.3 Å². The summed E-state index contributed by atoms with van der Waals surface area (Å²) in [7, 11) is 1.49. The highest BCUT2D eigenvalue weighted by Gasteiger charge is 2.23. The fraction of sp³-hybridized carbons (Fsp3) is 0.182. The predicted octanol–water partition coefficient (Wildman–Crippen LogP) is 4.62. The number of carboxylic acid groups (broad SMARTS) is 1. The molecule has 31 heavy (non-hydrogen) atoms. The smallest absolute Gasteiger partial charge is 0.305 e. The number of hydrogen-bond acceptors (Lipinski definition) is 6. The van der Waals surface area contributed by atoms with Gasteiger partial charge in [-0.05, 0) is 42.8 Å². The van der Waals surface area contributed by atoms with Crippen LogP contribution in [0.3, 0.4) is 0 Å². The summed E-state index contributed by atoms with van der Waals surface area (Å²) in [5, 5.41) is 12.3. The van der Waals surface area contributed by atoms with E-state index in [-0.39, 0.29) is 17.9 Å². The zero-order valence-electron chi connectivity index (χ0n) is 16.7. The number of nitrogens with one attached hydrogen (secondary N) is 1. The monoisotopic (exact) mass is 458 g/mol. The third-order valence-electron chi connectivity index (χ3n) is 4.46. The van der Waals surface area contributed by atoms with Crippen LogP contribution in [0.1, 0.15) is 45.1 Å². The lowest BCUT2D eigenvalue weighted by molar-refractivity contribution is -0.137. The van der Waals surface area contributed by atoms with Crippen molar-refractivity contribution in [2.75, 3.05) is 7.11 Å². The highest BCUT2D eigenvalue weighted by molar-refractivity contribution is 7.17. The molecular weight excluding hydrogens is 440 g/mol. The Morgan fingerprint density at radius 3 is 2.52 bits per heavy atom. The number of ether oxygens (including phenoxy) is 1. The molecule has 1 atom stereocenters. The molecule has 0 aliphatic heterocycles. The van der Waals surface area contributed by atoms with Gasteiger partial charge in [0, 0.05) is 5.02 Å². The Labute approximate surface area is 187 Å². The zero-order valence-corrected chi connectivity index (χ0v) is 18.3. The van der Waals surface area contributed by atoms with Crippen LogP contribution in [0.2, 0.25) is 5.02 Å².